The zero-order chi connectivity index (χ0) is 21.1. The highest BCUT2D eigenvalue weighted by molar-refractivity contribution is 5.94. The van der Waals surface area contributed by atoms with Crippen molar-refractivity contribution in [1.29, 1.82) is 0 Å². The van der Waals surface area contributed by atoms with Gasteiger partial charge < -0.3 is 19.3 Å². The second-order valence-electron chi connectivity index (χ2n) is 8.86. The summed E-state index contributed by atoms with van der Waals surface area (Å²) in [7, 11) is 0. The first kappa shape index (κ1) is 21.9. The van der Waals surface area contributed by atoms with Crippen molar-refractivity contribution in [1.82, 2.24) is 14.9 Å². The molecular formula is C20H32N4O4. The molecule has 8 nitrogen and oxygen atoms in total. The van der Waals surface area contributed by atoms with Gasteiger partial charge >= 0.3 is 12.1 Å². The molecular weight excluding hydrogens is 360 g/mol. The van der Waals surface area contributed by atoms with E-state index in [1.54, 1.807) is 18.0 Å². The van der Waals surface area contributed by atoms with Crippen molar-refractivity contribution in [2.75, 3.05) is 37.7 Å². The molecule has 0 aromatic carbocycles. The Labute approximate surface area is 167 Å². The van der Waals surface area contributed by atoms with Gasteiger partial charge in [-0.1, -0.05) is 20.8 Å². The third-order valence-electron chi connectivity index (χ3n) is 4.17. The van der Waals surface area contributed by atoms with Crippen LogP contribution >= 0.6 is 0 Å². The molecule has 1 saturated heterocycles. The van der Waals surface area contributed by atoms with Gasteiger partial charge in [0.1, 0.15) is 22.8 Å². The van der Waals surface area contributed by atoms with Gasteiger partial charge in [0.05, 0.1) is 6.61 Å². The lowest BCUT2D eigenvalue weighted by Crippen LogP contribution is -2.50. The van der Waals surface area contributed by atoms with E-state index in [1.165, 1.54) is 0 Å². The third-order valence-corrected chi connectivity index (χ3v) is 4.17. The van der Waals surface area contributed by atoms with Crippen molar-refractivity contribution in [3.05, 3.63) is 17.6 Å². The van der Waals surface area contributed by atoms with Gasteiger partial charge in [0, 0.05) is 37.8 Å². The molecule has 0 radical (unpaired) electrons. The highest BCUT2D eigenvalue weighted by Crippen LogP contribution is 2.25. The van der Waals surface area contributed by atoms with Crippen LogP contribution in [0.3, 0.4) is 0 Å². The van der Waals surface area contributed by atoms with Crippen molar-refractivity contribution >= 4 is 17.9 Å². The first-order valence-corrected chi connectivity index (χ1v) is 9.70. The Morgan fingerprint density at radius 2 is 1.68 bits per heavy atom. The fourth-order valence-electron chi connectivity index (χ4n) is 2.76. The van der Waals surface area contributed by atoms with Gasteiger partial charge in [-0.2, -0.15) is 0 Å². The zero-order valence-electron chi connectivity index (χ0n) is 18.0. The Morgan fingerprint density at radius 1 is 1.07 bits per heavy atom. The van der Waals surface area contributed by atoms with Crippen LogP contribution in [0.4, 0.5) is 10.6 Å². The first-order valence-electron chi connectivity index (χ1n) is 9.70. The number of rotatable bonds is 3. The number of amides is 1. The van der Waals surface area contributed by atoms with E-state index in [1.807, 2.05) is 46.4 Å². The minimum absolute atomic E-state index is 0.250. The largest absolute Gasteiger partial charge is 0.462 e. The maximum absolute atomic E-state index is 12.4. The molecule has 0 unspecified atom stereocenters. The van der Waals surface area contributed by atoms with E-state index in [0.29, 0.717) is 43.4 Å². The molecule has 1 aromatic rings. The minimum Gasteiger partial charge on any atom is -0.462 e. The van der Waals surface area contributed by atoms with E-state index in [-0.39, 0.29) is 18.1 Å². The smallest absolute Gasteiger partial charge is 0.410 e. The summed E-state index contributed by atoms with van der Waals surface area (Å²) in [6.07, 6.45) is 1.22. The van der Waals surface area contributed by atoms with Crippen molar-refractivity contribution in [2.24, 2.45) is 0 Å². The summed E-state index contributed by atoms with van der Waals surface area (Å²) >= 11 is 0. The van der Waals surface area contributed by atoms with E-state index in [2.05, 4.69) is 9.97 Å². The highest BCUT2D eigenvalue weighted by Gasteiger charge is 2.30. The number of ether oxygens (including phenoxy) is 2. The molecule has 1 aliphatic rings. The maximum atomic E-state index is 12.4. The van der Waals surface area contributed by atoms with Gasteiger partial charge in [0.2, 0.25) is 0 Å². The standard InChI is InChI=1S/C20H32N4O4/c1-8-27-16(25)14-13-21-17(19(2,3)4)22-15(14)23-9-11-24(12-10-23)18(26)28-20(5,6)7/h13H,8-12H2,1-7H3. The molecule has 0 aliphatic carbocycles. The number of hydrogen-bond donors (Lipinski definition) is 0. The summed E-state index contributed by atoms with van der Waals surface area (Å²) in [5.41, 5.74) is -0.430. The predicted octanol–water partition coefficient (Wildman–Crippen LogP) is 3.01. The lowest BCUT2D eigenvalue weighted by molar-refractivity contribution is 0.0239. The van der Waals surface area contributed by atoms with E-state index >= 15 is 0 Å². The molecule has 0 bridgehead atoms. The van der Waals surface area contributed by atoms with Gasteiger partial charge in [0.15, 0.2) is 0 Å². The SMILES string of the molecule is CCOC(=O)c1cnc(C(C)(C)C)nc1N1CCN(C(=O)OC(C)(C)C)CC1. The van der Waals surface area contributed by atoms with Gasteiger partial charge in [-0.3, -0.25) is 0 Å². The van der Waals surface area contributed by atoms with Crippen LogP contribution in [0, 0.1) is 0 Å². The molecule has 28 heavy (non-hydrogen) atoms. The van der Waals surface area contributed by atoms with Crippen LogP contribution in [0.5, 0.6) is 0 Å². The quantitative estimate of drug-likeness (QED) is 0.731. The summed E-state index contributed by atoms with van der Waals surface area (Å²) in [5.74, 6) is 0.778. The summed E-state index contributed by atoms with van der Waals surface area (Å²) in [5, 5.41) is 0. The van der Waals surface area contributed by atoms with Gasteiger partial charge in [0.25, 0.3) is 0 Å². The van der Waals surface area contributed by atoms with E-state index in [0.717, 1.165) is 0 Å². The molecule has 1 fully saturated rings. The zero-order valence-corrected chi connectivity index (χ0v) is 18.0. The maximum Gasteiger partial charge on any atom is 0.410 e. The summed E-state index contributed by atoms with van der Waals surface area (Å²) in [4.78, 5) is 37.4. The Bertz CT molecular complexity index is 714. The van der Waals surface area contributed by atoms with Gasteiger partial charge in [-0.15, -0.1) is 0 Å². The average Bonchev–Trinajstić information content (AvgIpc) is 2.59. The summed E-state index contributed by atoms with van der Waals surface area (Å²) in [6.45, 7) is 15.7. The second kappa shape index (κ2) is 8.32. The molecule has 0 spiro atoms. The lowest BCUT2D eigenvalue weighted by atomic mass is 9.95. The average molecular weight is 393 g/mol. The lowest BCUT2D eigenvalue weighted by Gasteiger charge is -2.36. The number of carbonyl (C=O) groups is 2. The molecule has 1 aromatic heterocycles. The topological polar surface area (TPSA) is 84.9 Å². The molecule has 1 aliphatic heterocycles. The van der Waals surface area contributed by atoms with Crippen molar-refractivity contribution < 1.29 is 19.1 Å². The number of carbonyl (C=O) groups excluding carboxylic acids is 2. The Balaban J connectivity index is 2.22. The highest BCUT2D eigenvalue weighted by atomic mass is 16.6. The van der Waals surface area contributed by atoms with Gasteiger partial charge in [-0.25, -0.2) is 19.6 Å². The van der Waals surface area contributed by atoms with Gasteiger partial charge in [-0.05, 0) is 27.7 Å². The number of esters is 1. The fraction of sp³-hybridized carbons (Fsp3) is 0.700. The van der Waals surface area contributed by atoms with E-state index < -0.39 is 11.6 Å². The molecule has 8 heteroatoms. The van der Waals surface area contributed by atoms with Crippen molar-refractivity contribution in [3.8, 4) is 0 Å². The van der Waals surface area contributed by atoms with Crippen molar-refractivity contribution in [2.45, 2.75) is 59.5 Å². The van der Waals surface area contributed by atoms with Crippen molar-refractivity contribution in [3.63, 3.8) is 0 Å². The molecule has 0 atom stereocenters. The molecule has 156 valence electrons. The van der Waals surface area contributed by atoms with Crippen LogP contribution in [-0.2, 0) is 14.9 Å². The van der Waals surface area contributed by atoms with E-state index in [4.69, 9.17) is 9.47 Å². The van der Waals surface area contributed by atoms with Crippen LogP contribution in [0.2, 0.25) is 0 Å². The summed E-state index contributed by atoms with van der Waals surface area (Å²) in [6, 6.07) is 0. The number of hydrogen-bond acceptors (Lipinski definition) is 7. The molecule has 0 saturated carbocycles. The van der Waals surface area contributed by atoms with Crippen LogP contribution in [0.25, 0.3) is 0 Å². The Kier molecular flexibility index (Phi) is 6.52. The molecule has 2 heterocycles. The van der Waals surface area contributed by atoms with Crippen LogP contribution < -0.4 is 4.90 Å². The molecule has 2 rings (SSSR count). The first-order chi connectivity index (χ1) is 12.9. The third kappa shape index (κ3) is 5.56. The Morgan fingerprint density at radius 3 is 2.18 bits per heavy atom. The minimum atomic E-state index is -0.528. The second-order valence-corrected chi connectivity index (χ2v) is 8.86. The van der Waals surface area contributed by atoms with Crippen LogP contribution in [-0.4, -0.2) is 65.3 Å². The summed E-state index contributed by atoms with van der Waals surface area (Å²) < 4.78 is 10.6. The number of nitrogens with zero attached hydrogens (tertiary/aromatic N) is 4. The normalized spacial score (nSPS) is 15.4. The number of aromatic nitrogens is 2. The predicted molar refractivity (Wildman–Crippen MR) is 107 cm³/mol. The monoisotopic (exact) mass is 392 g/mol. The van der Waals surface area contributed by atoms with Crippen LogP contribution in [0.15, 0.2) is 6.20 Å². The van der Waals surface area contributed by atoms with Crippen LogP contribution in [0.1, 0.15) is 64.6 Å². The Hall–Kier alpha value is -2.38. The number of piperazine rings is 1. The van der Waals surface area contributed by atoms with E-state index in [9.17, 15) is 9.59 Å². The molecule has 1 amide bonds. The fourth-order valence-corrected chi connectivity index (χ4v) is 2.76. The molecule has 0 N–H and O–H groups in total. The number of anilines is 1.